The Balaban J connectivity index is 1.24. The quantitative estimate of drug-likeness (QED) is 0.799. The number of hydrogen-bond acceptors (Lipinski definition) is 4. The average Bonchev–Trinajstić information content (AvgIpc) is 3.20. The van der Waals surface area contributed by atoms with Crippen LogP contribution in [0.3, 0.4) is 0 Å². The maximum absolute atomic E-state index is 12.4. The van der Waals surface area contributed by atoms with E-state index in [0.29, 0.717) is 18.9 Å². The molecule has 148 valence electrons. The molecule has 1 unspecified atom stereocenters. The van der Waals surface area contributed by atoms with E-state index in [2.05, 4.69) is 40.5 Å². The third-order valence-corrected chi connectivity index (χ3v) is 5.59. The number of nitrogens with zero attached hydrogens (tertiary/aromatic N) is 1. The molecular weight excluding hydrogens is 352 g/mol. The molecule has 5 nitrogen and oxygen atoms in total. The number of piperidine rings is 1. The molecule has 0 saturated carbocycles. The number of ether oxygens (including phenoxy) is 2. The van der Waals surface area contributed by atoms with Gasteiger partial charge in [0.05, 0.1) is 0 Å². The molecule has 2 aromatic carbocycles. The number of rotatable bonds is 7. The van der Waals surface area contributed by atoms with Crippen LogP contribution in [-0.2, 0) is 17.8 Å². The van der Waals surface area contributed by atoms with Crippen molar-refractivity contribution < 1.29 is 14.3 Å². The summed E-state index contributed by atoms with van der Waals surface area (Å²) in [7, 11) is 0. The maximum Gasteiger partial charge on any atom is 0.231 e. The van der Waals surface area contributed by atoms with Crippen LogP contribution in [0, 0.1) is 0 Å². The summed E-state index contributed by atoms with van der Waals surface area (Å²) < 4.78 is 10.7. The van der Waals surface area contributed by atoms with E-state index in [-0.39, 0.29) is 12.7 Å². The van der Waals surface area contributed by atoms with Gasteiger partial charge in [-0.3, -0.25) is 9.69 Å². The Bertz CT molecular complexity index is 794. The summed E-state index contributed by atoms with van der Waals surface area (Å²) in [6.07, 6.45) is 4.83. The van der Waals surface area contributed by atoms with Crippen molar-refractivity contribution in [1.82, 2.24) is 10.2 Å². The lowest BCUT2D eigenvalue weighted by atomic mass is 10.0. The number of nitrogens with one attached hydrogen (secondary N) is 1. The standard InChI is InChI=1S/C23H28N2O3/c26-23(12-10-18-9-11-21-22(14-18)28-17-27-21)24-15-20-8-4-5-13-25(20)16-19-6-2-1-3-7-19/h1-3,6-7,9,11,14,20H,4-5,8,10,12-13,15-17H2,(H,24,26). The van der Waals surface area contributed by atoms with Crippen molar-refractivity contribution in [2.45, 2.75) is 44.7 Å². The second kappa shape index (κ2) is 9.11. The number of fused-ring (bicyclic) bond motifs is 1. The molecule has 1 fully saturated rings. The topological polar surface area (TPSA) is 50.8 Å². The first kappa shape index (κ1) is 18.8. The van der Waals surface area contributed by atoms with E-state index in [4.69, 9.17) is 9.47 Å². The fourth-order valence-electron chi connectivity index (χ4n) is 3.99. The summed E-state index contributed by atoms with van der Waals surface area (Å²) in [6, 6.07) is 16.9. The van der Waals surface area contributed by atoms with Crippen molar-refractivity contribution in [3.05, 3.63) is 59.7 Å². The van der Waals surface area contributed by atoms with Gasteiger partial charge in [0, 0.05) is 25.6 Å². The number of benzene rings is 2. The van der Waals surface area contributed by atoms with E-state index in [1.54, 1.807) is 0 Å². The third kappa shape index (κ3) is 4.84. The van der Waals surface area contributed by atoms with Gasteiger partial charge in [0.2, 0.25) is 12.7 Å². The van der Waals surface area contributed by atoms with Crippen molar-refractivity contribution in [3.63, 3.8) is 0 Å². The normalized spacial score (nSPS) is 18.8. The van der Waals surface area contributed by atoms with Crippen LogP contribution in [0.25, 0.3) is 0 Å². The highest BCUT2D eigenvalue weighted by atomic mass is 16.7. The predicted molar refractivity (Wildman–Crippen MR) is 108 cm³/mol. The summed E-state index contributed by atoms with van der Waals surface area (Å²) >= 11 is 0. The Kier molecular flexibility index (Phi) is 6.12. The molecule has 1 N–H and O–H groups in total. The Hall–Kier alpha value is -2.53. The molecule has 5 heteroatoms. The summed E-state index contributed by atoms with van der Waals surface area (Å²) in [5, 5.41) is 3.15. The van der Waals surface area contributed by atoms with Gasteiger partial charge < -0.3 is 14.8 Å². The SMILES string of the molecule is O=C(CCc1ccc2c(c1)OCO2)NCC1CCCCN1Cc1ccccc1. The first-order chi connectivity index (χ1) is 13.8. The Morgan fingerprint density at radius 1 is 1.04 bits per heavy atom. The summed E-state index contributed by atoms with van der Waals surface area (Å²) in [5.74, 6) is 1.67. The molecule has 2 aliphatic heterocycles. The van der Waals surface area contributed by atoms with Crippen LogP contribution in [0.15, 0.2) is 48.5 Å². The lowest BCUT2D eigenvalue weighted by Gasteiger charge is -2.36. The maximum atomic E-state index is 12.4. The van der Waals surface area contributed by atoms with Crippen LogP contribution in [0.5, 0.6) is 11.5 Å². The minimum atomic E-state index is 0.114. The number of carbonyl (C=O) groups is 1. The molecule has 0 aromatic heterocycles. The molecule has 28 heavy (non-hydrogen) atoms. The molecule has 0 aliphatic carbocycles. The van der Waals surface area contributed by atoms with Crippen LogP contribution in [0.2, 0.25) is 0 Å². The minimum absolute atomic E-state index is 0.114. The van der Waals surface area contributed by atoms with Crippen molar-refractivity contribution >= 4 is 5.91 Å². The van der Waals surface area contributed by atoms with Crippen molar-refractivity contribution in [1.29, 1.82) is 0 Å². The van der Waals surface area contributed by atoms with Gasteiger partial charge in [-0.15, -0.1) is 0 Å². The smallest absolute Gasteiger partial charge is 0.231 e. The number of aryl methyl sites for hydroxylation is 1. The van der Waals surface area contributed by atoms with Crippen LogP contribution in [0.1, 0.15) is 36.8 Å². The van der Waals surface area contributed by atoms with E-state index < -0.39 is 0 Å². The first-order valence-electron chi connectivity index (χ1n) is 10.2. The number of carbonyl (C=O) groups excluding carboxylic acids is 1. The molecule has 1 atom stereocenters. The molecule has 4 rings (SSSR count). The highest BCUT2D eigenvalue weighted by Gasteiger charge is 2.23. The Labute approximate surface area is 166 Å². The van der Waals surface area contributed by atoms with Gasteiger partial charge in [-0.25, -0.2) is 0 Å². The largest absolute Gasteiger partial charge is 0.454 e. The average molecular weight is 380 g/mol. The van der Waals surface area contributed by atoms with Gasteiger partial charge >= 0.3 is 0 Å². The van der Waals surface area contributed by atoms with Gasteiger partial charge in [-0.1, -0.05) is 42.8 Å². The lowest BCUT2D eigenvalue weighted by Crippen LogP contribution is -2.46. The second-order valence-corrected chi connectivity index (χ2v) is 7.60. The molecule has 2 aliphatic rings. The van der Waals surface area contributed by atoms with Gasteiger partial charge in [-0.2, -0.15) is 0 Å². The van der Waals surface area contributed by atoms with Crippen molar-refractivity contribution in [2.24, 2.45) is 0 Å². The molecule has 0 bridgehead atoms. The number of hydrogen-bond donors (Lipinski definition) is 1. The van der Waals surface area contributed by atoms with Crippen LogP contribution in [-0.4, -0.2) is 36.7 Å². The molecule has 1 amide bonds. The summed E-state index contributed by atoms with van der Waals surface area (Å²) in [5.41, 5.74) is 2.44. The molecule has 0 spiro atoms. The molecule has 2 aromatic rings. The highest BCUT2D eigenvalue weighted by molar-refractivity contribution is 5.76. The zero-order chi connectivity index (χ0) is 19.2. The van der Waals surface area contributed by atoms with Crippen molar-refractivity contribution in [2.75, 3.05) is 19.9 Å². The van der Waals surface area contributed by atoms with E-state index >= 15 is 0 Å². The molecule has 0 radical (unpaired) electrons. The summed E-state index contributed by atoms with van der Waals surface area (Å²) in [6.45, 7) is 3.07. The van der Waals surface area contributed by atoms with Gasteiger partial charge in [0.15, 0.2) is 11.5 Å². The predicted octanol–water partition coefficient (Wildman–Crippen LogP) is 3.52. The lowest BCUT2D eigenvalue weighted by molar-refractivity contribution is -0.121. The van der Waals surface area contributed by atoms with E-state index in [1.807, 2.05) is 18.2 Å². The zero-order valence-electron chi connectivity index (χ0n) is 16.2. The number of amides is 1. The fourth-order valence-corrected chi connectivity index (χ4v) is 3.99. The highest BCUT2D eigenvalue weighted by Crippen LogP contribution is 2.32. The Morgan fingerprint density at radius 2 is 1.89 bits per heavy atom. The van der Waals surface area contributed by atoms with E-state index in [0.717, 1.165) is 43.1 Å². The second-order valence-electron chi connectivity index (χ2n) is 7.60. The minimum Gasteiger partial charge on any atom is -0.454 e. The van der Waals surface area contributed by atoms with E-state index in [1.165, 1.54) is 18.4 Å². The summed E-state index contributed by atoms with van der Waals surface area (Å²) in [4.78, 5) is 14.9. The number of likely N-dealkylation sites (tertiary alicyclic amines) is 1. The van der Waals surface area contributed by atoms with Gasteiger partial charge in [-0.05, 0) is 49.1 Å². The van der Waals surface area contributed by atoms with Crippen LogP contribution in [0.4, 0.5) is 0 Å². The molecular formula is C23H28N2O3. The molecule has 2 heterocycles. The third-order valence-electron chi connectivity index (χ3n) is 5.59. The van der Waals surface area contributed by atoms with E-state index in [9.17, 15) is 4.79 Å². The monoisotopic (exact) mass is 380 g/mol. The first-order valence-corrected chi connectivity index (χ1v) is 10.2. The Morgan fingerprint density at radius 3 is 2.79 bits per heavy atom. The van der Waals surface area contributed by atoms with Gasteiger partial charge in [0.1, 0.15) is 0 Å². The van der Waals surface area contributed by atoms with Gasteiger partial charge in [0.25, 0.3) is 0 Å². The fraction of sp³-hybridized carbons (Fsp3) is 0.435. The zero-order valence-corrected chi connectivity index (χ0v) is 16.2. The van der Waals surface area contributed by atoms with Crippen molar-refractivity contribution in [3.8, 4) is 11.5 Å². The van der Waals surface area contributed by atoms with Crippen LogP contribution < -0.4 is 14.8 Å². The molecule has 1 saturated heterocycles. The van der Waals surface area contributed by atoms with Crippen LogP contribution >= 0.6 is 0 Å².